The second kappa shape index (κ2) is 5.08. The van der Waals surface area contributed by atoms with Gasteiger partial charge in [-0.15, -0.1) is 0 Å². The molecule has 0 aliphatic rings. The Morgan fingerprint density at radius 1 is 1.24 bits per heavy atom. The van der Waals surface area contributed by atoms with Gasteiger partial charge in [0.05, 0.1) is 16.2 Å². The molecule has 2 aromatic rings. The number of benzene rings is 1. The third kappa shape index (κ3) is 3.00. The second-order valence-corrected chi connectivity index (χ2v) is 4.94. The smallest absolute Gasteiger partial charge is 0.221 e. The zero-order valence-corrected chi connectivity index (χ0v) is 10.7. The SMILES string of the molecule is Nc1ncc(F)c(Sc2ccc(Cl)c(Cl)c2)n1. The fourth-order valence-corrected chi connectivity index (χ4v) is 2.28. The number of aromatic nitrogens is 2. The summed E-state index contributed by atoms with van der Waals surface area (Å²) >= 11 is 12.7. The van der Waals surface area contributed by atoms with E-state index in [4.69, 9.17) is 28.9 Å². The first-order valence-corrected chi connectivity index (χ1v) is 6.04. The van der Waals surface area contributed by atoms with Gasteiger partial charge < -0.3 is 5.73 Å². The van der Waals surface area contributed by atoms with E-state index in [1.54, 1.807) is 18.2 Å². The molecule has 0 aliphatic carbocycles. The number of hydrogen-bond acceptors (Lipinski definition) is 4. The van der Waals surface area contributed by atoms with Crippen molar-refractivity contribution >= 4 is 40.9 Å². The Labute approximate surface area is 111 Å². The van der Waals surface area contributed by atoms with Gasteiger partial charge in [-0.2, -0.15) is 0 Å². The standard InChI is InChI=1S/C10H6Cl2FN3S/c11-6-2-1-5(3-7(6)12)17-9-8(13)4-15-10(14)16-9/h1-4H,(H2,14,15,16). The van der Waals surface area contributed by atoms with Gasteiger partial charge in [-0.05, 0) is 18.2 Å². The topological polar surface area (TPSA) is 51.8 Å². The van der Waals surface area contributed by atoms with Crippen molar-refractivity contribution in [2.75, 3.05) is 5.73 Å². The van der Waals surface area contributed by atoms with E-state index in [1.165, 1.54) is 0 Å². The molecule has 0 unspecified atom stereocenters. The molecule has 1 aromatic carbocycles. The van der Waals surface area contributed by atoms with Crippen molar-refractivity contribution in [2.45, 2.75) is 9.92 Å². The Balaban J connectivity index is 2.31. The van der Waals surface area contributed by atoms with Crippen LogP contribution in [0, 0.1) is 5.82 Å². The molecule has 1 heterocycles. The molecule has 0 bridgehead atoms. The highest BCUT2D eigenvalue weighted by molar-refractivity contribution is 7.99. The van der Waals surface area contributed by atoms with E-state index in [0.717, 1.165) is 22.9 Å². The van der Waals surface area contributed by atoms with Gasteiger partial charge in [-0.1, -0.05) is 35.0 Å². The van der Waals surface area contributed by atoms with Crippen LogP contribution >= 0.6 is 35.0 Å². The fraction of sp³-hybridized carbons (Fsp3) is 0. The number of nitrogens with two attached hydrogens (primary N) is 1. The maximum Gasteiger partial charge on any atom is 0.221 e. The van der Waals surface area contributed by atoms with Gasteiger partial charge in [0, 0.05) is 4.90 Å². The summed E-state index contributed by atoms with van der Waals surface area (Å²) in [7, 11) is 0. The van der Waals surface area contributed by atoms with Gasteiger partial charge in [0.25, 0.3) is 0 Å². The van der Waals surface area contributed by atoms with Crippen LogP contribution in [0.2, 0.25) is 10.0 Å². The second-order valence-electron chi connectivity index (χ2n) is 3.06. The zero-order valence-electron chi connectivity index (χ0n) is 8.32. The lowest BCUT2D eigenvalue weighted by molar-refractivity contribution is 0.580. The molecule has 0 atom stereocenters. The highest BCUT2D eigenvalue weighted by Gasteiger charge is 2.08. The molecule has 1 aromatic heterocycles. The van der Waals surface area contributed by atoms with Crippen molar-refractivity contribution in [3.63, 3.8) is 0 Å². The van der Waals surface area contributed by atoms with Crippen molar-refractivity contribution in [1.82, 2.24) is 9.97 Å². The quantitative estimate of drug-likeness (QED) is 0.858. The van der Waals surface area contributed by atoms with Crippen molar-refractivity contribution in [1.29, 1.82) is 0 Å². The van der Waals surface area contributed by atoms with E-state index < -0.39 is 5.82 Å². The van der Waals surface area contributed by atoms with Crippen molar-refractivity contribution < 1.29 is 4.39 Å². The third-order valence-corrected chi connectivity index (χ3v) is 3.54. The van der Waals surface area contributed by atoms with E-state index in [0.29, 0.717) is 10.0 Å². The average Bonchev–Trinajstić information content (AvgIpc) is 2.29. The monoisotopic (exact) mass is 289 g/mol. The van der Waals surface area contributed by atoms with Gasteiger partial charge in [0.15, 0.2) is 5.82 Å². The van der Waals surface area contributed by atoms with Gasteiger partial charge in [0.2, 0.25) is 5.95 Å². The summed E-state index contributed by atoms with van der Waals surface area (Å²) in [5.74, 6) is -0.510. The molecule has 88 valence electrons. The Kier molecular flexibility index (Phi) is 3.71. The van der Waals surface area contributed by atoms with Crippen LogP contribution in [0.25, 0.3) is 0 Å². The molecule has 0 saturated heterocycles. The van der Waals surface area contributed by atoms with Crippen LogP contribution in [-0.2, 0) is 0 Å². The van der Waals surface area contributed by atoms with E-state index in [1.807, 2.05) is 0 Å². The summed E-state index contributed by atoms with van der Waals surface area (Å²) in [6.45, 7) is 0. The number of rotatable bonds is 2. The lowest BCUT2D eigenvalue weighted by Crippen LogP contribution is -1.97. The molecule has 0 spiro atoms. The van der Waals surface area contributed by atoms with Crippen LogP contribution in [0.4, 0.5) is 10.3 Å². The number of hydrogen-bond donors (Lipinski definition) is 1. The Morgan fingerprint density at radius 3 is 2.71 bits per heavy atom. The molecule has 17 heavy (non-hydrogen) atoms. The van der Waals surface area contributed by atoms with E-state index in [2.05, 4.69) is 9.97 Å². The molecule has 0 radical (unpaired) electrons. The predicted molar refractivity (Wildman–Crippen MR) is 67.0 cm³/mol. The molecule has 7 heteroatoms. The third-order valence-electron chi connectivity index (χ3n) is 1.84. The first-order chi connectivity index (χ1) is 8.06. The van der Waals surface area contributed by atoms with Crippen LogP contribution < -0.4 is 5.73 Å². The largest absolute Gasteiger partial charge is 0.368 e. The zero-order chi connectivity index (χ0) is 12.4. The lowest BCUT2D eigenvalue weighted by atomic mass is 10.4. The van der Waals surface area contributed by atoms with Gasteiger partial charge in [-0.3, -0.25) is 0 Å². The molecule has 2 rings (SSSR count). The summed E-state index contributed by atoms with van der Waals surface area (Å²) in [5.41, 5.74) is 5.39. The molecular formula is C10H6Cl2FN3S. The van der Waals surface area contributed by atoms with Crippen LogP contribution in [0.1, 0.15) is 0 Å². The van der Waals surface area contributed by atoms with E-state index in [-0.39, 0.29) is 11.0 Å². The van der Waals surface area contributed by atoms with Crippen LogP contribution in [0.5, 0.6) is 0 Å². The summed E-state index contributed by atoms with van der Waals surface area (Å²) in [4.78, 5) is 8.06. The normalized spacial score (nSPS) is 10.5. The number of nitrogen functional groups attached to an aromatic ring is 1. The molecule has 3 nitrogen and oxygen atoms in total. The van der Waals surface area contributed by atoms with Crippen LogP contribution in [-0.4, -0.2) is 9.97 Å². The van der Waals surface area contributed by atoms with E-state index in [9.17, 15) is 4.39 Å². The molecule has 0 amide bonds. The minimum absolute atomic E-state index is 0.0222. The Hall–Kier alpha value is -1.04. The summed E-state index contributed by atoms with van der Waals surface area (Å²) < 4.78 is 13.4. The van der Waals surface area contributed by atoms with Gasteiger partial charge in [-0.25, -0.2) is 14.4 Å². The Bertz CT molecular complexity index is 565. The molecule has 2 N–H and O–H groups in total. The highest BCUT2D eigenvalue weighted by Crippen LogP contribution is 2.32. The summed E-state index contributed by atoms with van der Waals surface area (Å²) in [6, 6.07) is 4.98. The van der Waals surface area contributed by atoms with Gasteiger partial charge in [0.1, 0.15) is 5.03 Å². The maximum atomic E-state index is 13.4. The highest BCUT2D eigenvalue weighted by atomic mass is 35.5. The van der Waals surface area contributed by atoms with E-state index >= 15 is 0 Å². The molecular weight excluding hydrogens is 284 g/mol. The number of halogens is 3. The van der Waals surface area contributed by atoms with Crippen LogP contribution in [0.15, 0.2) is 34.3 Å². The average molecular weight is 290 g/mol. The predicted octanol–water partition coefficient (Wildman–Crippen LogP) is 3.66. The van der Waals surface area contributed by atoms with Crippen LogP contribution in [0.3, 0.4) is 0 Å². The first-order valence-electron chi connectivity index (χ1n) is 4.47. The summed E-state index contributed by atoms with van der Waals surface area (Å²) in [6.07, 6.45) is 1.03. The van der Waals surface area contributed by atoms with Gasteiger partial charge >= 0.3 is 0 Å². The first kappa shape index (κ1) is 12.4. The van der Waals surface area contributed by atoms with Crippen molar-refractivity contribution in [2.24, 2.45) is 0 Å². The lowest BCUT2D eigenvalue weighted by Gasteiger charge is -2.04. The Morgan fingerprint density at radius 2 is 2.00 bits per heavy atom. The molecule has 0 saturated carbocycles. The minimum atomic E-state index is -0.532. The molecule has 0 fully saturated rings. The summed E-state index contributed by atoms with van der Waals surface area (Å²) in [5, 5.41) is 0.994. The van der Waals surface area contributed by atoms with Crippen molar-refractivity contribution in [3.8, 4) is 0 Å². The molecule has 0 aliphatic heterocycles. The van der Waals surface area contributed by atoms with Crippen molar-refractivity contribution in [3.05, 3.63) is 40.3 Å². The fourth-order valence-electron chi connectivity index (χ4n) is 1.09. The number of anilines is 1. The number of nitrogens with zero attached hydrogens (tertiary/aromatic N) is 2. The maximum absolute atomic E-state index is 13.4. The minimum Gasteiger partial charge on any atom is -0.368 e.